The van der Waals surface area contributed by atoms with E-state index in [1.165, 1.54) is 4.90 Å². The number of carbonyl (C=O) groups is 3. The number of aliphatic hydroxyl groups is 1. The maximum Gasteiger partial charge on any atom is 0.414 e. The average molecular weight is 455 g/mol. The number of rotatable bonds is 3. The van der Waals surface area contributed by atoms with Crippen LogP contribution in [-0.2, 0) is 23.1 Å². The number of ether oxygens (including phenoxy) is 1. The van der Waals surface area contributed by atoms with Crippen LogP contribution < -0.4 is 4.74 Å². The Morgan fingerprint density at radius 3 is 2.36 bits per heavy atom. The lowest BCUT2D eigenvalue weighted by molar-refractivity contribution is -0.159. The lowest BCUT2D eigenvalue weighted by Crippen LogP contribution is -2.22. The second-order valence-electron chi connectivity index (χ2n) is 7.88. The molecule has 1 aliphatic rings. The van der Waals surface area contributed by atoms with Crippen LogP contribution in [0.5, 0.6) is 5.75 Å². The zero-order valence-corrected chi connectivity index (χ0v) is 18.6. The van der Waals surface area contributed by atoms with Crippen molar-refractivity contribution < 1.29 is 34.4 Å². The van der Waals surface area contributed by atoms with E-state index >= 15 is 0 Å². The Labute approximate surface area is 189 Å². The summed E-state index contributed by atoms with van der Waals surface area (Å²) < 4.78 is 8.21. The van der Waals surface area contributed by atoms with E-state index in [1.807, 2.05) is 48.9 Å². The largest absolute Gasteiger partial charge is 0.481 e. The van der Waals surface area contributed by atoms with Crippen LogP contribution in [0, 0.1) is 6.92 Å². The zero-order valence-electron chi connectivity index (χ0n) is 18.6. The number of nitrogens with zero attached hydrogens (tertiary/aromatic N) is 3. The minimum Gasteiger partial charge on any atom is -0.481 e. The molecule has 4 rings (SSSR count). The molecule has 0 saturated heterocycles. The van der Waals surface area contributed by atoms with Crippen LogP contribution in [0.1, 0.15) is 33.4 Å². The molecular weight excluding hydrogens is 430 g/mol. The number of amides is 1. The molecule has 0 radical (unpaired) electrons. The first-order valence-corrected chi connectivity index (χ1v) is 10.1. The van der Waals surface area contributed by atoms with Gasteiger partial charge in [-0.1, -0.05) is 24.3 Å². The number of fused-ring (bicyclic) bond motifs is 2. The van der Waals surface area contributed by atoms with Gasteiger partial charge < -0.3 is 29.5 Å². The smallest absolute Gasteiger partial charge is 0.414 e. The summed E-state index contributed by atoms with van der Waals surface area (Å²) in [5.41, 5.74) is 4.13. The molecule has 1 heterocycles. The van der Waals surface area contributed by atoms with Crippen LogP contribution in [0.4, 0.5) is 0 Å². The number of carbonyl (C=O) groups excluding carboxylic acids is 1. The fraction of sp³-hybridized carbons (Fsp3) is 0.304. The van der Waals surface area contributed by atoms with Crippen LogP contribution in [0.3, 0.4) is 0 Å². The van der Waals surface area contributed by atoms with Crippen molar-refractivity contribution in [1.29, 1.82) is 0 Å². The highest BCUT2D eigenvalue weighted by molar-refractivity contribution is 6.27. The fourth-order valence-corrected chi connectivity index (χ4v) is 3.66. The highest BCUT2D eigenvalue weighted by Gasteiger charge is 2.33. The van der Waals surface area contributed by atoms with Crippen molar-refractivity contribution in [2.75, 3.05) is 14.1 Å². The average Bonchev–Trinajstić information content (AvgIpc) is 3.23. The molecule has 3 aromatic rings. The number of benzene rings is 2. The van der Waals surface area contributed by atoms with Gasteiger partial charge in [0.25, 0.3) is 5.91 Å². The van der Waals surface area contributed by atoms with Crippen molar-refractivity contribution in [1.82, 2.24) is 14.5 Å². The number of carboxylic acid groups (broad SMARTS) is 2. The van der Waals surface area contributed by atoms with Gasteiger partial charge in [0.15, 0.2) is 6.10 Å². The van der Waals surface area contributed by atoms with Gasteiger partial charge in [0.1, 0.15) is 17.1 Å². The first kappa shape index (κ1) is 23.7. The molecule has 174 valence electrons. The summed E-state index contributed by atoms with van der Waals surface area (Å²) in [4.78, 5) is 36.9. The first-order chi connectivity index (χ1) is 15.5. The topological polar surface area (TPSA) is 142 Å². The van der Waals surface area contributed by atoms with E-state index < -0.39 is 24.1 Å². The van der Waals surface area contributed by atoms with Crippen LogP contribution in [-0.4, -0.2) is 67.8 Å². The quantitative estimate of drug-likeness (QED) is 0.507. The Balaban J connectivity index is 0.000000454. The third kappa shape index (κ3) is 4.80. The van der Waals surface area contributed by atoms with Crippen LogP contribution in [0.2, 0.25) is 0 Å². The number of imidazole rings is 1. The highest BCUT2D eigenvalue weighted by Crippen LogP contribution is 2.38. The van der Waals surface area contributed by atoms with Crippen molar-refractivity contribution >= 4 is 28.9 Å². The number of aliphatic carboxylic acids is 2. The van der Waals surface area contributed by atoms with Crippen molar-refractivity contribution in [3.05, 3.63) is 58.9 Å². The highest BCUT2D eigenvalue weighted by atomic mass is 16.5. The summed E-state index contributed by atoms with van der Waals surface area (Å²) >= 11 is 0. The molecule has 1 amide bonds. The molecule has 1 aromatic heterocycles. The van der Waals surface area contributed by atoms with Crippen molar-refractivity contribution in [3.8, 4) is 5.75 Å². The molecule has 2 atom stereocenters. The van der Waals surface area contributed by atoms with Gasteiger partial charge in [0, 0.05) is 33.1 Å². The molecule has 2 aromatic carbocycles. The molecule has 10 nitrogen and oxygen atoms in total. The normalized spacial score (nSPS) is 16.5. The van der Waals surface area contributed by atoms with Crippen molar-refractivity contribution in [2.24, 2.45) is 7.05 Å². The van der Waals surface area contributed by atoms with Gasteiger partial charge in [-0.3, -0.25) is 4.79 Å². The standard InChI is InChI=1S/C21H23N3O3.C2H2O4/c1-12-22-19-16(24(12)4)9-14(21(26)23(2)3)11-18(19)27-20-15-8-6-5-7-13(15)10-17(20)25;3-1(4)2(5)6/h5-9,11,17,20,25H,10H2,1-4H3;(H,3,4)(H,5,6). The number of aliphatic hydroxyl groups excluding tert-OH is 1. The predicted molar refractivity (Wildman–Crippen MR) is 118 cm³/mol. The molecule has 0 saturated carbocycles. The van der Waals surface area contributed by atoms with E-state index in [2.05, 4.69) is 4.98 Å². The van der Waals surface area contributed by atoms with Crippen LogP contribution >= 0.6 is 0 Å². The summed E-state index contributed by atoms with van der Waals surface area (Å²) in [7, 11) is 5.36. The van der Waals surface area contributed by atoms with Gasteiger partial charge in [0.2, 0.25) is 0 Å². The maximum absolute atomic E-state index is 12.5. The maximum atomic E-state index is 12.5. The van der Waals surface area contributed by atoms with Crippen molar-refractivity contribution in [3.63, 3.8) is 0 Å². The lowest BCUT2D eigenvalue weighted by Gasteiger charge is -2.20. The van der Waals surface area contributed by atoms with E-state index in [9.17, 15) is 9.90 Å². The third-order valence-electron chi connectivity index (χ3n) is 5.41. The monoisotopic (exact) mass is 455 g/mol. The molecule has 33 heavy (non-hydrogen) atoms. The number of carboxylic acids is 2. The molecule has 0 spiro atoms. The van der Waals surface area contributed by atoms with E-state index in [0.717, 1.165) is 22.5 Å². The Kier molecular flexibility index (Phi) is 6.68. The molecule has 3 N–H and O–H groups in total. The van der Waals surface area contributed by atoms with Crippen molar-refractivity contribution in [2.45, 2.75) is 25.6 Å². The van der Waals surface area contributed by atoms with Gasteiger partial charge in [-0.2, -0.15) is 0 Å². The minimum absolute atomic E-state index is 0.104. The predicted octanol–water partition coefficient (Wildman–Crippen LogP) is 1.78. The van der Waals surface area contributed by atoms with E-state index in [4.69, 9.17) is 24.5 Å². The molecule has 0 bridgehead atoms. The second kappa shape index (κ2) is 9.29. The minimum atomic E-state index is -1.82. The van der Waals surface area contributed by atoms with E-state index in [0.29, 0.717) is 23.3 Å². The van der Waals surface area contributed by atoms with E-state index in [1.54, 1.807) is 20.2 Å². The second-order valence-corrected chi connectivity index (χ2v) is 7.88. The molecular formula is C23H25N3O7. The number of aryl methyl sites for hydroxylation is 2. The third-order valence-corrected chi connectivity index (χ3v) is 5.41. The molecule has 10 heteroatoms. The van der Waals surface area contributed by atoms with Gasteiger partial charge in [-0.05, 0) is 30.2 Å². The summed E-state index contributed by atoms with van der Waals surface area (Å²) in [6, 6.07) is 11.5. The van der Waals surface area contributed by atoms with Gasteiger partial charge >= 0.3 is 11.9 Å². The summed E-state index contributed by atoms with van der Waals surface area (Å²) in [6.45, 7) is 1.91. The Morgan fingerprint density at radius 2 is 1.76 bits per heavy atom. The summed E-state index contributed by atoms with van der Waals surface area (Å²) in [6.07, 6.45) is -0.548. The molecule has 2 unspecified atom stereocenters. The number of aromatic nitrogens is 2. The zero-order chi connectivity index (χ0) is 24.4. The lowest BCUT2D eigenvalue weighted by atomic mass is 10.1. The Morgan fingerprint density at radius 1 is 1.12 bits per heavy atom. The SMILES string of the molecule is Cc1nc2c(OC3c4ccccc4CC3O)cc(C(=O)N(C)C)cc2n1C.O=C(O)C(=O)O. The van der Waals surface area contributed by atoms with E-state index in [-0.39, 0.29) is 5.91 Å². The van der Waals surface area contributed by atoms with Gasteiger partial charge in [-0.15, -0.1) is 0 Å². The van der Waals surface area contributed by atoms with Crippen LogP contribution in [0.15, 0.2) is 36.4 Å². The van der Waals surface area contributed by atoms with Crippen LogP contribution in [0.25, 0.3) is 11.0 Å². The Hall–Kier alpha value is -3.92. The number of hydrogen-bond acceptors (Lipinski definition) is 6. The molecule has 1 aliphatic carbocycles. The molecule has 0 aliphatic heterocycles. The number of hydrogen-bond donors (Lipinski definition) is 3. The first-order valence-electron chi connectivity index (χ1n) is 10.1. The fourth-order valence-electron chi connectivity index (χ4n) is 3.66. The Bertz CT molecular complexity index is 1220. The summed E-state index contributed by atoms with van der Waals surface area (Å²) in [5, 5.41) is 25.3. The van der Waals surface area contributed by atoms with Gasteiger partial charge in [-0.25, -0.2) is 14.6 Å². The van der Waals surface area contributed by atoms with Gasteiger partial charge in [0.05, 0.1) is 11.6 Å². The summed E-state index contributed by atoms with van der Waals surface area (Å²) in [5.74, 6) is -2.41. The molecule has 0 fully saturated rings.